The van der Waals surface area contributed by atoms with Crippen LogP contribution in [0.4, 0.5) is 0 Å². The summed E-state index contributed by atoms with van der Waals surface area (Å²) in [5, 5.41) is 0.782. The molecule has 0 aromatic heterocycles. The minimum Gasteiger partial charge on any atom is -0.0837 e. The molecular weight excluding hydrogens is 331 g/mol. The normalized spacial score (nSPS) is 10.9. The Labute approximate surface area is 114 Å². The molecular formula is C14H10ClI. The third-order valence-corrected chi connectivity index (χ3v) is 3.58. The van der Waals surface area contributed by atoms with Crippen LogP contribution in [-0.4, -0.2) is 0 Å². The molecule has 0 heterocycles. The van der Waals surface area contributed by atoms with E-state index in [1.54, 1.807) is 0 Å². The van der Waals surface area contributed by atoms with E-state index in [2.05, 4.69) is 40.8 Å². The average molecular weight is 341 g/mol. The molecule has 2 rings (SSSR count). The number of hydrogen-bond donors (Lipinski definition) is 0. The van der Waals surface area contributed by atoms with Crippen LogP contribution >= 0.6 is 34.2 Å². The molecule has 0 saturated heterocycles. The molecule has 2 aromatic carbocycles. The predicted molar refractivity (Wildman–Crippen MR) is 79.5 cm³/mol. The molecule has 0 aliphatic heterocycles. The van der Waals surface area contributed by atoms with E-state index < -0.39 is 0 Å². The van der Waals surface area contributed by atoms with Crippen molar-refractivity contribution in [3.05, 3.63) is 68.3 Å². The van der Waals surface area contributed by atoms with E-state index in [0.29, 0.717) is 0 Å². The van der Waals surface area contributed by atoms with Crippen molar-refractivity contribution >= 4 is 46.3 Å². The van der Waals surface area contributed by atoms with Crippen molar-refractivity contribution in [2.75, 3.05) is 0 Å². The minimum absolute atomic E-state index is 0.782. The van der Waals surface area contributed by atoms with Crippen LogP contribution in [0.25, 0.3) is 12.2 Å². The summed E-state index contributed by atoms with van der Waals surface area (Å²) in [4.78, 5) is 0. The summed E-state index contributed by atoms with van der Waals surface area (Å²) in [6, 6.07) is 16.1. The third kappa shape index (κ3) is 2.86. The van der Waals surface area contributed by atoms with Crippen LogP contribution in [0.1, 0.15) is 11.1 Å². The molecule has 2 aromatic rings. The zero-order valence-corrected chi connectivity index (χ0v) is 11.4. The SMILES string of the molecule is Clc1ccccc1C=Cc1ccccc1I. The Morgan fingerprint density at radius 2 is 1.38 bits per heavy atom. The van der Waals surface area contributed by atoms with E-state index in [1.165, 1.54) is 9.13 Å². The van der Waals surface area contributed by atoms with Crippen LogP contribution in [0.5, 0.6) is 0 Å². The van der Waals surface area contributed by atoms with Gasteiger partial charge in [0.1, 0.15) is 0 Å². The van der Waals surface area contributed by atoms with Crippen molar-refractivity contribution in [2.24, 2.45) is 0 Å². The Morgan fingerprint density at radius 1 is 0.812 bits per heavy atom. The highest BCUT2D eigenvalue weighted by molar-refractivity contribution is 14.1. The first kappa shape index (κ1) is 11.7. The molecule has 0 fully saturated rings. The first-order chi connectivity index (χ1) is 7.77. The largest absolute Gasteiger partial charge is 0.0837 e. The Morgan fingerprint density at radius 3 is 2.06 bits per heavy atom. The second-order valence-corrected chi connectivity index (χ2v) is 4.95. The maximum Gasteiger partial charge on any atom is 0.0478 e. The van der Waals surface area contributed by atoms with Crippen molar-refractivity contribution in [1.29, 1.82) is 0 Å². The number of hydrogen-bond acceptors (Lipinski definition) is 0. The molecule has 0 amide bonds. The van der Waals surface area contributed by atoms with E-state index in [0.717, 1.165) is 10.6 Å². The highest BCUT2D eigenvalue weighted by atomic mass is 127. The van der Waals surface area contributed by atoms with E-state index in [4.69, 9.17) is 11.6 Å². The van der Waals surface area contributed by atoms with Crippen LogP contribution in [0.3, 0.4) is 0 Å². The summed E-state index contributed by atoms with van der Waals surface area (Å²) in [7, 11) is 0. The number of rotatable bonds is 2. The van der Waals surface area contributed by atoms with Crippen LogP contribution in [0.15, 0.2) is 48.5 Å². The van der Waals surface area contributed by atoms with Gasteiger partial charge in [0.05, 0.1) is 0 Å². The Hall–Kier alpha value is -0.800. The fourth-order valence-corrected chi connectivity index (χ4v) is 2.17. The van der Waals surface area contributed by atoms with Gasteiger partial charge in [-0.05, 0) is 45.9 Å². The van der Waals surface area contributed by atoms with E-state index in [-0.39, 0.29) is 0 Å². The van der Waals surface area contributed by atoms with Gasteiger partial charge in [-0.1, -0.05) is 60.2 Å². The molecule has 16 heavy (non-hydrogen) atoms. The summed E-state index contributed by atoms with van der Waals surface area (Å²) in [6.45, 7) is 0. The van der Waals surface area contributed by atoms with Gasteiger partial charge in [-0.3, -0.25) is 0 Å². The molecule has 80 valence electrons. The standard InChI is InChI=1S/C14H10ClI/c15-13-7-3-1-5-11(13)9-10-12-6-2-4-8-14(12)16/h1-10H. The predicted octanol–water partition coefficient (Wildman–Crippen LogP) is 5.12. The Balaban J connectivity index is 2.29. The molecule has 0 nitrogen and oxygen atoms in total. The van der Waals surface area contributed by atoms with Crippen molar-refractivity contribution in [3.63, 3.8) is 0 Å². The maximum absolute atomic E-state index is 6.08. The Kier molecular flexibility index (Phi) is 4.02. The lowest BCUT2D eigenvalue weighted by Crippen LogP contribution is -1.78. The van der Waals surface area contributed by atoms with E-state index in [1.807, 2.05) is 42.5 Å². The highest BCUT2D eigenvalue weighted by Crippen LogP contribution is 2.19. The summed E-state index contributed by atoms with van der Waals surface area (Å²) in [6.07, 6.45) is 4.13. The fourth-order valence-electron chi connectivity index (χ4n) is 1.40. The van der Waals surface area contributed by atoms with Crippen LogP contribution in [0.2, 0.25) is 5.02 Å². The van der Waals surface area contributed by atoms with Gasteiger partial charge < -0.3 is 0 Å². The molecule has 0 spiro atoms. The lowest BCUT2D eigenvalue weighted by Gasteiger charge is -1.99. The van der Waals surface area contributed by atoms with Crippen LogP contribution < -0.4 is 0 Å². The van der Waals surface area contributed by atoms with Gasteiger partial charge in [-0.2, -0.15) is 0 Å². The van der Waals surface area contributed by atoms with Gasteiger partial charge in [0.2, 0.25) is 0 Å². The quantitative estimate of drug-likeness (QED) is 0.526. The molecule has 0 aliphatic carbocycles. The molecule has 0 radical (unpaired) electrons. The van der Waals surface area contributed by atoms with Gasteiger partial charge in [-0.15, -0.1) is 0 Å². The van der Waals surface area contributed by atoms with Gasteiger partial charge in [0.15, 0.2) is 0 Å². The van der Waals surface area contributed by atoms with Crippen molar-refractivity contribution < 1.29 is 0 Å². The molecule has 0 unspecified atom stereocenters. The van der Waals surface area contributed by atoms with E-state index >= 15 is 0 Å². The first-order valence-corrected chi connectivity index (χ1v) is 6.40. The number of benzene rings is 2. The Bertz CT molecular complexity index is 470. The zero-order chi connectivity index (χ0) is 11.4. The molecule has 0 atom stereocenters. The molecule has 0 bridgehead atoms. The fraction of sp³-hybridized carbons (Fsp3) is 0. The molecule has 2 heteroatoms. The topological polar surface area (TPSA) is 0 Å². The van der Waals surface area contributed by atoms with Gasteiger partial charge in [0.25, 0.3) is 0 Å². The maximum atomic E-state index is 6.08. The minimum atomic E-state index is 0.782. The summed E-state index contributed by atoms with van der Waals surface area (Å²) in [5.74, 6) is 0. The van der Waals surface area contributed by atoms with Crippen molar-refractivity contribution in [1.82, 2.24) is 0 Å². The highest BCUT2D eigenvalue weighted by Gasteiger charge is 1.95. The monoisotopic (exact) mass is 340 g/mol. The van der Waals surface area contributed by atoms with Gasteiger partial charge >= 0.3 is 0 Å². The van der Waals surface area contributed by atoms with Crippen LogP contribution in [0, 0.1) is 3.57 Å². The van der Waals surface area contributed by atoms with Crippen molar-refractivity contribution in [3.8, 4) is 0 Å². The lowest BCUT2D eigenvalue weighted by atomic mass is 10.1. The molecule has 0 N–H and O–H groups in total. The van der Waals surface area contributed by atoms with Crippen molar-refractivity contribution in [2.45, 2.75) is 0 Å². The average Bonchev–Trinajstić information content (AvgIpc) is 2.30. The van der Waals surface area contributed by atoms with E-state index in [9.17, 15) is 0 Å². The van der Waals surface area contributed by atoms with Gasteiger partial charge in [0, 0.05) is 8.59 Å². The smallest absolute Gasteiger partial charge is 0.0478 e. The van der Waals surface area contributed by atoms with Crippen LogP contribution in [-0.2, 0) is 0 Å². The second kappa shape index (κ2) is 5.51. The summed E-state index contributed by atoms with van der Waals surface area (Å²) >= 11 is 8.40. The van der Waals surface area contributed by atoms with Gasteiger partial charge in [-0.25, -0.2) is 0 Å². The molecule has 0 saturated carbocycles. The molecule has 0 aliphatic rings. The lowest BCUT2D eigenvalue weighted by molar-refractivity contribution is 1.60. The summed E-state index contributed by atoms with van der Waals surface area (Å²) < 4.78 is 1.24. The second-order valence-electron chi connectivity index (χ2n) is 3.38. The summed E-state index contributed by atoms with van der Waals surface area (Å²) in [5.41, 5.74) is 2.26. The first-order valence-electron chi connectivity index (χ1n) is 4.94. The third-order valence-electron chi connectivity index (χ3n) is 2.25. The zero-order valence-electron chi connectivity index (χ0n) is 8.53. The number of halogens is 2.